The van der Waals surface area contributed by atoms with E-state index >= 15 is 0 Å². The molecule has 1 aliphatic rings. The summed E-state index contributed by atoms with van der Waals surface area (Å²) in [6.45, 7) is 0.715. The van der Waals surface area contributed by atoms with Crippen LogP contribution in [0, 0.1) is 0 Å². The number of fused-ring (bicyclic) bond motifs is 2. The first-order valence-electron chi connectivity index (χ1n) is 9.32. The predicted octanol–water partition coefficient (Wildman–Crippen LogP) is 3.72. The standard InChI is InChI=1S/C22H20N4O2/c1-28-19-9-5-4-8-17(19)20-21-22(24-12-23-20)26(13-25-21)11-14-10-18(27)16-7-3-2-6-15(14)16/h2-9,12-14,18,27H,10-11H2,1H3/t14-,18-/m0/s1. The zero-order valence-electron chi connectivity index (χ0n) is 15.5. The van der Waals surface area contributed by atoms with Crippen LogP contribution in [-0.2, 0) is 6.54 Å². The normalized spacial score (nSPS) is 18.4. The highest BCUT2D eigenvalue weighted by Gasteiger charge is 2.30. The maximum atomic E-state index is 10.4. The number of methoxy groups -OCH3 is 1. The second kappa shape index (κ2) is 6.73. The van der Waals surface area contributed by atoms with Gasteiger partial charge in [-0.1, -0.05) is 36.4 Å². The molecule has 4 aromatic rings. The molecular weight excluding hydrogens is 352 g/mol. The lowest BCUT2D eigenvalue weighted by atomic mass is 10.0. The van der Waals surface area contributed by atoms with Crippen molar-refractivity contribution in [2.75, 3.05) is 7.11 Å². The summed E-state index contributed by atoms with van der Waals surface area (Å²) in [5.41, 5.74) is 5.42. The Morgan fingerprint density at radius 1 is 1.04 bits per heavy atom. The van der Waals surface area contributed by atoms with Crippen LogP contribution in [-0.4, -0.2) is 31.7 Å². The first-order chi connectivity index (χ1) is 13.8. The smallest absolute Gasteiger partial charge is 0.163 e. The topological polar surface area (TPSA) is 73.1 Å². The van der Waals surface area contributed by atoms with Crippen LogP contribution in [0.2, 0.25) is 0 Å². The molecule has 28 heavy (non-hydrogen) atoms. The lowest BCUT2D eigenvalue weighted by molar-refractivity contribution is 0.171. The Balaban J connectivity index is 1.55. The fraction of sp³-hybridized carbons (Fsp3) is 0.227. The van der Waals surface area contributed by atoms with Crippen LogP contribution in [0.4, 0.5) is 0 Å². The number of aliphatic hydroxyl groups is 1. The molecule has 0 amide bonds. The summed E-state index contributed by atoms with van der Waals surface area (Å²) >= 11 is 0. The van der Waals surface area contributed by atoms with Crippen molar-refractivity contribution >= 4 is 11.2 Å². The van der Waals surface area contributed by atoms with Gasteiger partial charge in [-0.15, -0.1) is 0 Å². The van der Waals surface area contributed by atoms with Crippen LogP contribution >= 0.6 is 0 Å². The molecule has 2 heterocycles. The van der Waals surface area contributed by atoms with E-state index in [1.165, 1.54) is 5.56 Å². The molecule has 2 aromatic heterocycles. The van der Waals surface area contributed by atoms with E-state index in [4.69, 9.17) is 4.74 Å². The van der Waals surface area contributed by atoms with Gasteiger partial charge in [0, 0.05) is 18.0 Å². The molecule has 0 saturated heterocycles. The van der Waals surface area contributed by atoms with Crippen molar-refractivity contribution in [3.05, 3.63) is 72.3 Å². The maximum Gasteiger partial charge on any atom is 0.163 e. The molecule has 0 unspecified atom stereocenters. The number of ether oxygens (including phenoxy) is 1. The monoisotopic (exact) mass is 372 g/mol. The van der Waals surface area contributed by atoms with E-state index in [0.29, 0.717) is 13.0 Å². The Bertz CT molecular complexity index is 1150. The minimum Gasteiger partial charge on any atom is -0.496 e. The summed E-state index contributed by atoms with van der Waals surface area (Å²) in [7, 11) is 1.65. The molecule has 0 bridgehead atoms. The zero-order valence-corrected chi connectivity index (χ0v) is 15.5. The van der Waals surface area contributed by atoms with Gasteiger partial charge in [0.25, 0.3) is 0 Å². The van der Waals surface area contributed by atoms with Crippen LogP contribution in [0.25, 0.3) is 22.4 Å². The third kappa shape index (κ3) is 2.65. The highest BCUT2D eigenvalue weighted by atomic mass is 16.5. The van der Waals surface area contributed by atoms with Gasteiger partial charge in [0.1, 0.15) is 23.3 Å². The van der Waals surface area contributed by atoms with Gasteiger partial charge in [0.05, 0.1) is 19.5 Å². The van der Waals surface area contributed by atoms with Crippen LogP contribution in [0.1, 0.15) is 29.6 Å². The molecule has 2 atom stereocenters. The number of hydrogen-bond donors (Lipinski definition) is 1. The lowest BCUT2D eigenvalue weighted by Crippen LogP contribution is -2.07. The predicted molar refractivity (Wildman–Crippen MR) is 106 cm³/mol. The first-order valence-corrected chi connectivity index (χ1v) is 9.32. The Morgan fingerprint density at radius 2 is 1.82 bits per heavy atom. The molecule has 6 nitrogen and oxygen atoms in total. The number of aliphatic hydroxyl groups excluding tert-OH is 1. The van der Waals surface area contributed by atoms with Gasteiger partial charge in [-0.2, -0.15) is 0 Å². The summed E-state index contributed by atoms with van der Waals surface area (Å²) in [5.74, 6) is 0.984. The Kier molecular flexibility index (Phi) is 4.06. The van der Waals surface area contributed by atoms with Gasteiger partial charge in [-0.05, 0) is 29.7 Å². The Hall–Kier alpha value is -3.25. The van der Waals surface area contributed by atoms with Gasteiger partial charge in [0.2, 0.25) is 0 Å². The molecule has 1 N–H and O–H groups in total. The van der Waals surface area contributed by atoms with E-state index in [2.05, 4.69) is 25.6 Å². The van der Waals surface area contributed by atoms with Crippen LogP contribution in [0.3, 0.4) is 0 Å². The van der Waals surface area contributed by atoms with Gasteiger partial charge in [-0.3, -0.25) is 0 Å². The van der Waals surface area contributed by atoms with Gasteiger partial charge in [-0.25, -0.2) is 15.0 Å². The van der Waals surface area contributed by atoms with E-state index in [0.717, 1.165) is 33.7 Å². The molecule has 6 heteroatoms. The average Bonchev–Trinajstić information content (AvgIpc) is 3.30. The molecule has 0 saturated carbocycles. The summed E-state index contributed by atoms with van der Waals surface area (Å²) in [6, 6.07) is 15.9. The van der Waals surface area contributed by atoms with E-state index in [1.807, 2.05) is 48.8 Å². The fourth-order valence-electron chi connectivity index (χ4n) is 4.17. The number of rotatable bonds is 4. The van der Waals surface area contributed by atoms with Crippen molar-refractivity contribution in [1.29, 1.82) is 0 Å². The molecular formula is C22H20N4O2. The first kappa shape index (κ1) is 16.9. The number of nitrogens with zero attached hydrogens (tertiary/aromatic N) is 4. The van der Waals surface area contributed by atoms with Crippen LogP contribution in [0.5, 0.6) is 5.75 Å². The quantitative estimate of drug-likeness (QED) is 0.591. The summed E-state index contributed by atoms with van der Waals surface area (Å²) in [4.78, 5) is 13.6. The SMILES string of the molecule is COc1ccccc1-c1ncnc2c1ncn2C[C@@H]1C[C@H](O)c2ccccc21. The minimum absolute atomic E-state index is 0.230. The van der Waals surface area contributed by atoms with Gasteiger partial charge < -0.3 is 14.4 Å². The molecule has 0 spiro atoms. The average molecular weight is 372 g/mol. The number of imidazole rings is 1. The minimum atomic E-state index is -0.408. The van der Waals surface area contributed by atoms with E-state index in [1.54, 1.807) is 13.4 Å². The third-order valence-electron chi connectivity index (χ3n) is 5.48. The zero-order chi connectivity index (χ0) is 19.1. The third-order valence-corrected chi connectivity index (χ3v) is 5.48. The molecule has 0 fully saturated rings. The van der Waals surface area contributed by atoms with Crippen molar-refractivity contribution in [3.8, 4) is 17.0 Å². The molecule has 0 radical (unpaired) electrons. The van der Waals surface area contributed by atoms with Gasteiger partial charge >= 0.3 is 0 Å². The molecule has 140 valence electrons. The Labute approximate surface area is 162 Å². The highest BCUT2D eigenvalue weighted by molar-refractivity contribution is 5.89. The van der Waals surface area contributed by atoms with Crippen LogP contribution < -0.4 is 4.74 Å². The molecule has 1 aliphatic carbocycles. The van der Waals surface area contributed by atoms with Crippen LogP contribution in [0.15, 0.2) is 61.2 Å². The molecule has 5 rings (SSSR count). The number of para-hydroxylation sites is 1. The number of benzene rings is 2. The number of aromatic nitrogens is 4. The largest absolute Gasteiger partial charge is 0.496 e. The van der Waals surface area contributed by atoms with Crippen molar-refractivity contribution in [2.45, 2.75) is 25.0 Å². The number of hydrogen-bond acceptors (Lipinski definition) is 5. The Morgan fingerprint density at radius 3 is 2.68 bits per heavy atom. The van der Waals surface area contributed by atoms with Crippen molar-refractivity contribution in [1.82, 2.24) is 19.5 Å². The summed E-state index contributed by atoms with van der Waals surface area (Å²) in [5, 5.41) is 10.4. The summed E-state index contributed by atoms with van der Waals surface area (Å²) < 4.78 is 7.54. The maximum absolute atomic E-state index is 10.4. The summed E-state index contributed by atoms with van der Waals surface area (Å²) in [6.07, 6.45) is 3.68. The van der Waals surface area contributed by atoms with Gasteiger partial charge in [0.15, 0.2) is 5.65 Å². The van der Waals surface area contributed by atoms with Crippen molar-refractivity contribution in [2.24, 2.45) is 0 Å². The van der Waals surface area contributed by atoms with E-state index in [-0.39, 0.29) is 5.92 Å². The van der Waals surface area contributed by atoms with Crippen molar-refractivity contribution < 1.29 is 9.84 Å². The lowest BCUT2D eigenvalue weighted by Gasteiger charge is -2.13. The fourth-order valence-corrected chi connectivity index (χ4v) is 4.17. The second-order valence-electron chi connectivity index (χ2n) is 7.07. The second-order valence-corrected chi connectivity index (χ2v) is 7.07. The van der Waals surface area contributed by atoms with E-state index in [9.17, 15) is 5.11 Å². The highest BCUT2D eigenvalue weighted by Crippen LogP contribution is 2.41. The molecule has 2 aromatic carbocycles. The molecule has 0 aliphatic heterocycles. The van der Waals surface area contributed by atoms with Crippen molar-refractivity contribution in [3.63, 3.8) is 0 Å². The van der Waals surface area contributed by atoms with E-state index < -0.39 is 6.10 Å².